The van der Waals surface area contributed by atoms with E-state index in [9.17, 15) is 9.59 Å². The third-order valence-electron chi connectivity index (χ3n) is 3.90. The maximum atomic E-state index is 12.4. The van der Waals surface area contributed by atoms with Crippen molar-refractivity contribution in [2.24, 2.45) is 0 Å². The number of hydrogen-bond donors (Lipinski definition) is 1. The number of benzene rings is 1. The Bertz CT molecular complexity index is 1000. The van der Waals surface area contributed by atoms with Crippen molar-refractivity contribution in [3.05, 3.63) is 65.0 Å². The van der Waals surface area contributed by atoms with Gasteiger partial charge in [-0.3, -0.25) is 9.47 Å². The van der Waals surface area contributed by atoms with Gasteiger partial charge in [0.25, 0.3) is 0 Å². The number of ether oxygens (including phenoxy) is 1. The predicted octanol–water partition coefficient (Wildman–Crippen LogP) is 2.51. The van der Waals surface area contributed by atoms with E-state index in [1.165, 1.54) is 11.8 Å². The van der Waals surface area contributed by atoms with Crippen molar-refractivity contribution in [2.45, 2.75) is 19.9 Å². The first-order chi connectivity index (χ1) is 13.0. The average Bonchev–Trinajstić information content (AvgIpc) is 3.30. The van der Waals surface area contributed by atoms with E-state index in [4.69, 9.17) is 12.2 Å². The summed E-state index contributed by atoms with van der Waals surface area (Å²) in [6.45, 7) is 1.96. The van der Waals surface area contributed by atoms with Crippen LogP contribution in [0, 0.1) is 4.77 Å². The average molecular weight is 385 g/mol. The van der Waals surface area contributed by atoms with Crippen molar-refractivity contribution in [3.63, 3.8) is 0 Å². The number of carbonyl (C=O) groups excluding carboxylic acids is 2. The second-order valence-corrected chi connectivity index (χ2v) is 6.07. The van der Waals surface area contributed by atoms with E-state index < -0.39 is 5.97 Å². The number of rotatable bonds is 6. The Morgan fingerprint density at radius 2 is 1.85 bits per heavy atom. The van der Waals surface area contributed by atoms with Gasteiger partial charge in [-0.25, -0.2) is 14.2 Å². The summed E-state index contributed by atoms with van der Waals surface area (Å²) in [5, 5.41) is 7.22. The van der Waals surface area contributed by atoms with Crippen LogP contribution in [0.15, 0.2) is 48.8 Å². The van der Waals surface area contributed by atoms with Gasteiger partial charge in [-0.05, 0) is 48.6 Å². The third kappa shape index (κ3) is 3.98. The molecule has 1 N–H and O–H groups in total. The van der Waals surface area contributed by atoms with Crippen LogP contribution < -0.4 is 5.32 Å². The number of nitrogens with zero attached hydrogens (tertiary/aromatic N) is 4. The summed E-state index contributed by atoms with van der Waals surface area (Å²) in [4.78, 5) is 23.8. The molecule has 0 fully saturated rings. The topological polar surface area (TPSA) is 83.1 Å². The molecule has 0 radical (unpaired) electrons. The van der Waals surface area contributed by atoms with E-state index >= 15 is 0 Å². The number of carbonyl (C=O) groups is 2. The number of nitrogens with one attached hydrogen (secondary N) is 1. The van der Waals surface area contributed by atoms with Gasteiger partial charge in [-0.15, -0.1) is 0 Å². The van der Waals surface area contributed by atoms with E-state index in [0.29, 0.717) is 22.4 Å². The predicted molar refractivity (Wildman–Crippen MR) is 102 cm³/mol. The highest BCUT2D eigenvalue weighted by molar-refractivity contribution is 7.71. The van der Waals surface area contributed by atoms with E-state index in [2.05, 4.69) is 15.2 Å². The minimum Gasteiger partial charge on any atom is -0.465 e. The monoisotopic (exact) mass is 385 g/mol. The number of esters is 1. The molecule has 0 atom stereocenters. The molecule has 27 heavy (non-hydrogen) atoms. The Morgan fingerprint density at radius 3 is 2.44 bits per heavy atom. The smallest absolute Gasteiger partial charge is 0.337 e. The lowest BCUT2D eigenvalue weighted by Gasteiger charge is -2.07. The van der Waals surface area contributed by atoms with Gasteiger partial charge in [-0.1, -0.05) is 6.92 Å². The van der Waals surface area contributed by atoms with Crippen molar-refractivity contribution in [1.29, 1.82) is 0 Å². The second kappa shape index (κ2) is 8.00. The van der Waals surface area contributed by atoms with Crippen LogP contribution in [0.25, 0.3) is 0 Å². The van der Waals surface area contributed by atoms with Crippen molar-refractivity contribution < 1.29 is 14.3 Å². The highest BCUT2D eigenvalue weighted by Gasteiger charge is 2.13. The first kappa shape index (κ1) is 18.6. The zero-order valence-corrected chi connectivity index (χ0v) is 15.8. The van der Waals surface area contributed by atoms with Crippen LogP contribution in [0.3, 0.4) is 0 Å². The van der Waals surface area contributed by atoms with Crippen LogP contribution in [0.1, 0.15) is 23.1 Å². The van der Waals surface area contributed by atoms with Crippen LogP contribution in [0.4, 0.5) is 5.69 Å². The lowest BCUT2D eigenvalue weighted by Crippen LogP contribution is -2.20. The molecule has 0 saturated heterocycles. The minimum atomic E-state index is -0.429. The Balaban J connectivity index is 1.75. The molecular formula is C18H19N5O3S. The van der Waals surface area contributed by atoms with Crippen LogP contribution in [-0.4, -0.2) is 38.1 Å². The Kier molecular flexibility index (Phi) is 5.51. The van der Waals surface area contributed by atoms with Crippen molar-refractivity contribution >= 4 is 29.8 Å². The van der Waals surface area contributed by atoms with E-state index in [1.54, 1.807) is 28.9 Å². The molecule has 2 heterocycles. The molecule has 140 valence electrons. The van der Waals surface area contributed by atoms with Crippen molar-refractivity contribution in [3.8, 4) is 0 Å². The summed E-state index contributed by atoms with van der Waals surface area (Å²) in [5.41, 5.74) is 0.982. The lowest BCUT2D eigenvalue weighted by molar-refractivity contribution is -0.116. The molecule has 8 nitrogen and oxygen atoms in total. The molecule has 0 unspecified atom stereocenters. The first-order valence-corrected chi connectivity index (χ1v) is 8.75. The Labute approximate surface area is 161 Å². The van der Waals surface area contributed by atoms with E-state index in [1.807, 2.05) is 36.1 Å². The van der Waals surface area contributed by atoms with Gasteiger partial charge >= 0.3 is 5.97 Å². The van der Waals surface area contributed by atoms with Gasteiger partial charge < -0.3 is 10.1 Å². The van der Waals surface area contributed by atoms with Crippen LogP contribution >= 0.6 is 12.2 Å². The number of amides is 1. The molecule has 3 aromatic rings. The third-order valence-corrected chi connectivity index (χ3v) is 4.29. The van der Waals surface area contributed by atoms with Gasteiger partial charge in [0.15, 0.2) is 5.82 Å². The van der Waals surface area contributed by atoms with E-state index in [0.717, 1.165) is 5.82 Å². The molecule has 2 aromatic heterocycles. The van der Waals surface area contributed by atoms with Crippen LogP contribution in [0.5, 0.6) is 0 Å². The van der Waals surface area contributed by atoms with Crippen LogP contribution in [-0.2, 0) is 22.5 Å². The largest absolute Gasteiger partial charge is 0.465 e. The SMILES string of the molecule is CCc1nn(CC(=O)Nc2ccc(C(=O)OC)cc2)c(=S)n1-n1cccc1. The second-order valence-electron chi connectivity index (χ2n) is 5.70. The summed E-state index contributed by atoms with van der Waals surface area (Å²) in [6.07, 6.45) is 4.40. The summed E-state index contributed by atoms with van der Waals surface area (Å²) in [5.74, 6) is 0.0602. The molecule has 0 spiro atoms. The fourth-order valence-electron chi connectivity index (χ4n) is 2.60. The molecule has 9 heteroatoms. The van der Waals surface area contributed by atoms with Crippen molar-refractivity contribution in [1.82, 2.24) is 19.1 Å². The van der Waals surface area contributed by atoms with Gasteiger partial charge in [0.05, 0.1) is 12.7 Å². The fraction of sp³-hybridized carbons (Fsp3) is 0.222. The van der Waals surface area contributed by atoms with Gasteiger partial charge in [0.2, 0.25) is 10.7 Å². The van der Waals surface area contributed by atoms with Crippen LogP contribution in [0.2, 0.25) is 0 Å². The first-order valence-electron chi connectivity index (χ1n) is 8.34. The lowest BCUT2D eigenvalue weighted by atomic mass is 10.2. The van der Waals surface area contributed by atoms with Crippen molar-refractivity contribution in [2.75, 3.05) is 12.4 Å². The maximum absolute atomic E-state index is 12.4. The standard InChI is InChI=1S/C18H19N5O3S/c1-3-15-20-22(18(27)23(15)21-10-4-5-11-21)12-16(24)19-14-8-6-13(7-9-14)17(25)26-2/h4-11H,3,12H2,1-2H3,(H,19,24). The molecule has 0 saturated carbocycles. The molecule has 1 aromatic carbocycles. The molecule has 3 rings (SSSR count). The van der Waals surface area contributed by atoms with Gasteiger partial charge in [0.1, 0.15) is 6.54 Å². The molecule has 0 bridgehead atoms. The molecule has 0 aliphatic heterocycles. The fourth-order valence-corrected chi connectivity index (χ4v) is 2.91. The number of methoxy groups -OCH3 is 1. The van der Waals surface area contributed by atoms with Gasteiger partial charge in [-0.2, -0.15) is 5.10 Å². The number of anilines is 1. The summed E-state index contributed by atoms with van der Waals surface area (Å²) < 4.78 is 10.2. The van der Waals surface area contributed by atoms with Gasteiger partial charge in [0, 0.05) is 24.5 Å². The molecule has 1 amide bonds. The number of hydrogen-bond acceptors (Lipinski definition) is 5. The minimum absolute atomic E-state index is 0.0150. The zero-order chi connectivity index (χ0) is 19.4. The normalized spacial score (nSPS) is 10.6. The van der Waals surface area contributed by atoms with E-state index in [-0.39, 0.29) is 12.5 Å². The molecule has 0 aliphatic carbocycles. The number of aromatic nitrogens is 4. The zero-order valence-electron chi connectivity index (χ0n) is 15.0. The molecule has 0 aliphatic rings. The summed E-state index contributed by atoms with van der Waals surface area (Å²) in [7, 11) is 1.32. The Hall–Kier alpha value is -3.20. The highest BCUT2D eigenvalue weighted by Crippen LogP contribution is 2.11. The number of aryl methyl sites for hydroxylation is 1. The Morgan fingerprint density at radius 1 is 1.19 bits per heavy atom. The summed E-state index contributed by atoms with van der Waals surface area (Å²) in [6, 6.07) is 10.2. The maximum Gasteiger partial charge on any atom is 0.337 e. The quantitative estimate of drug-likeness (QED) is 0.521. The molecular weight excluding hydrogens is 366 g/mol. The highest BCUT2D eigenvalue weighted by atomic mass is 32.1. The summed E-state index contributed by atoms with van der Waals surface area (Å²) >= 11 is 5.48.